The van der Waals surface area contributed by atoms with E-state index < -0.39 is 17.1 Å². The van der Waals surface area contributed by atoms with Crippen molar-refractivity contribution >= 4 is 29.3 Å². The Labute approximate surface area is 184 Å². The van der Waals surface area contributed by atoms with Crippen molar-refractivity contribution in [3.8, 4) is 0 Å². The molecule has 2 aromatic rings. The SMILES string of the molecule is COC(=O)Nc1ccc(CNC(=O)C2CCCN2C(=O)c2ccc([N+](=O)[O-])c(C)c2)cc1. The van der Waals surface area contributed by atoms with Crippen LogP contribution in [0.5, 0.6) is 0 Å². The van der Waals surface area contributed by atoms with Crippen molar-refractivity contribution in [3.63, 3.8) is 0 Å². The number of nitrogens with one attached hydrogen (secondary N) is 2. The lowest BCUT2D eigenvalue weighted by Gasteiger charge is -2.24. The van der Waals surface area contributed by atoms with Crippen molar-refractivity contribution in [2.75, 3.05) is 19.0 Å². The number of aryl methyl sites for hydroxylation is 1. The summed E-state index contributed by atoms with van der Waals surface area (Å²) in [6, 6.07) is 10.5. The lowest BCUT2D eigenvalue weighted by molar-refractivity contribution is -0.385. The molecule has 0 aliphatic carbocycles. The molecule has 1 saturated heterocycles. The van der Waals surface area contributed by atoms with Gasteiger partial charge in [-0.1, -0.05) is 12.1 Å². The molecule has 3 amide bonds. The summed E-state index contributed by atoms with van der Waals surface area (Å²) in [5.74, 6) is -0.579. The Hall–Kier alpha value is -3.95. The summed E-state index contributed by atoms with van der Waals surface area (Å²) in [6.45, 7) is 2.29. The molecule has 10 heteroatoms. The van der Waals surface area contributed by atoms with Crippen LogP contribution in [0.25, 0.3) is 0 Å². The largest absolute Gasteiger partial charge is 0.453 e. The van der Waals surface area contributed by atoms with E-state index in [-0.39, 0.29) is 24.0 Å². The second-order valence-corrected chi connectivity index (χ2v) is 7.45. The van der Waals surface area contributed by atoms with Crippen molar-refractivity contribution in [1.82, 2.24) is 10.2 Å². The number of rotatable bonds is 6. The van der Waals surface area contributed by atoms with Gasteiger partial charge in [-0.2, -0.15) is 0 Å². The van der Waals surface area contributed by atoms with Gasteiger partial charge in [0.1, 0.15) is 6.04 Å². The summed E-state index contributed by atoms with van der Waals surface area (Å²) < 4.78 is 4.54. The van der Waals surface area contributed by atoms with E-state index in [0.717, 1.165) is 5.56 Å². The Bertz CT molecular complexity index is 1040. The van der Waals surface area contributed by atoms with Crippen LogP contribution in [0.2, 0.25) is 0 Å². The number of amides is 3. The van der Waals surface area contributed by atoms with Gasteiger partial charge in [-0.15, -0.1) is 0 Å². The number of anilines is 1. The summed E-state index contributed by atoms with van der Waals surface area (Å²) in [7, 11) is 1.28. The Morgan fingerprint density at radius 3 is 2.53 bits per heavy atom. The standard InChI is InChI=1S/C22H24N4O6/c1-14-12-16(7-10-18(14)26(30)31)21(28)25-11-3-4-19(25)20(27)23-13-15-5-8-17(9-6-15)24-22(29)32-2/h5-10,12,19H,3-4,11,13H2,1-2H3,(H,23,27)(H,24,29). The third kappa shape index (κ3) is 5.20. The number of nitro groups is 1. The first-order valence-electron chi connectivity index (χ1n) is 10.1. The number of benzene rings is 2. The molecule has 1 aliphatic heterocycles. The maximum absolute atomic E-state index is 13.0. The van der Waals surface area contributed by atoms with E-state index in [1.54, 1.807) is 31.2 Å². The highest BCUT2D eigenvalue weighted by molar-refractivity contribution is 5.98. The monoisotopic (exact) mass is 440 g/mol. The van der Waals surface area contributed by atoms with Gasteiger partial charge in [0.2, 0.25) is 5.91 Å². The number of carbonyl (C=O) groups excluding carboxylic acids is 3. The minimum Gasteiger partial charge on any atom is -0.453 e. The molecule has 2 aromatic carbocycles. The molecule has 3 rings (SSSR count). The first-order chi connectivity index (χ1) is 15.3. The van der Waals surface area contributed by atoms with Crippen LogP contribution < -0.4 is 10.6 Å². The summed E-state index contributed by atoms with van der Waals surface area (Å²) in [5, 5.41) is 16.4. The van der Waals surface area contributed by atoms with Crippen LogP contribution in [0.4, 0.5) is 16.2 Å². The van der Waals surface area contributed by atoms with Crippen molar-refractivity contribution < 1.29 is 24.0 Å². The summed E-state index contributed by atoms with van der Waals surface area (Å²) in [4.78, 5) is 49.0. The molecule has 0 radical (unpaired) electrons. The van der Waals surface area contributed by atoms with Crippen molar-refractivity contribution in [3.05, 3.63) is 69.3 Å². The summed E-state index contributed by atoms with van der Waals surface area (Å²) >= 11 is 0. The average Bonchev–Trinajstić information content (AvgIpc) is 3.27. The van der Waals surface area contributed by atoms with E-state index in [1.165, 1.54) is 30.2 Å². The zero-order chi connectivity index (χ0) is 23.3. The van der Waals surface area contributed by atoms with E-state index >= 15 is 0 Å². The molecule has 2 N–H and O–H groups in total. The molecule has 0 saturated carbocycles. The maximum Gasteiger partial charge on any atom is 0.411 e. The van der Waals surface area contributed by atoms with E-state index in [1.807, 2.05) is 0 Å². The van der Waals surface area contributed by atoms with Crippen LogP contribution in [-0.4, -0.2) is 47.4 Å². The topological polar surface area (TPSA) is 131 Å². The molecule has 10 nitrogen and oxygen atoms in total. The number of nitro benzene ring substituents is 1. The van der Waals surface area contributed by atoms with Gasteiger partial charge in [0, 0.05) is 36.0 Å². The van der Waals surface area contributed by atoms with Crippen LogP contribution in [0.1, 0.15) is 34.3 Å². The van der Waals surface area contributed by atoms with Gasteiger partial charge in [0.15, 0.2) is 0 Å². The molecule has 1 fully saturated rings. The molecule has 1 heterocycles. The fraction of sp³-hybridized carbons (Fsp3) is 0.318. The zero-order valence-electron chi connectivity index (χ0n) is 17.8. The number of ether oxygens (including phenoxy) is 1. The molecule has 0 bridgehead atoms. The van der Waals surface area contributed by atoms with Crippen molar-refractivity contribution in [1.29, 1.82) is 0 Å². The Morgan fingerprint density at radius 2 is 1.91 bits per heavy atom. The first kappa shape index (κ1) is 22.7. The van der Waals surface area contributed by atoms with E-state index in [4.69, 9.17) is 0 Å². The fourth-order valence-electron chi connectivity index (χ4n) is 3.62. The van der Waals surface area contributed by atoms with Gasteiger partial charge >= 0.3 is 6.09 Å². The molecule has 1 atom stereocenters. The van der Waals surface area contributed by atoms with E-state index in [2.05, 4.69) is 15.4 Å². The molecule has 0 aromatic heterocycles. The molecular formula is C22H24N4O6. The number of nitrogens with zero attached hydrogens (tertiary/aromatic N) is 2. The number of likely N-dealkylation sites (tertiary alicyclic amines) is 1. The van der Waals surface area contributed by atoms with Crippen LogP contribution >= 0.6 is 0 Å². The minimum atomic E-state index is -0.599. The molecular weight excluding hydrogens is 416 g/mol. The third-order valence-electron chi connectivity index (χ3n) is 5.31. The number of carbonyl (C=O) groups is 3. The lowest BCUT2D eigenvalue weighted by Crippen LogP contribution is -2.45. The van der Waals surface area contributed by atoms with Crippen molar-refractivity contribution in [2.45, 2.75) is 32.4 Å². The van der Waals surface area contributed by atoms with Gasteiger partial charge in [-0.05, 0) is 49.6 Å². The Kier molecular flexibility index (Phi) is 7.04. The highest BCUT2D eigenvalue weighted by atomic mass is 16.6. The number of methoxy groups -OCH3 is 1. The van der Waals surface area contributed by atoms with Crippen LogP contribution in [0.15, 0.2) is 42.5 Å². The van der Waals surface area contributed by atoms with Gasteiger partial charge < -0.3 is 15.0 Å². The highest BCUT2D eigenvalue weighted by Gasteiger charge is 2.34. The molecule has 1 unspecified atom stereocenters. The molecule has 0 spiro atoms. The summed E-state index contributed by atoms with van der Waals surface area (Å²) in [5.41, 5.74) is 2.06. The lowest BCUT2D eigenvalue weighted by atomic mass is 10.1. The predicted octanol–water partition coefficient (Wildman–Crippen LogP) is 3.00. The minimum absolute atomic E-state index is 0.0509. The zero-order valence-corrected chi connectivity index (χ0v) is 17.8. The Morgan fingerprint density at radius 1 is 1.19 bits per heavy atom. The third-order valence-corrected chi connectivity index (χ3v) is 5.31. The van der Waals surface area contributed by atoms with Gasteiger partial charge in [-0.25, -0.2) is 4.79 Å². The second kappa shape index (κ2) is 9.90. The molecule has 1 aliphatic rings. The molecule has 168 valence electrons. The first-order valence-corrected chi connectivity index (χ1v) is 10.1. The van der Waals surface area contributed by atoms with Gasteiger partial charge in [-0.3, -0.25) is 25.0 Å². The highest BCUT2D eigenvalue weighted by Crippen LogP contribution is 2.24. The Balaban J connectivity index is 1.61. The van der Waals surface area contributed by atoms with Crippen LogP contribution in [0.3, 0.4) is 0 Å². The number of hydrogen-bond donors (Lipinski definition) is 2. The normalized spacial score (nSPS) is 15.2. The predicted molar refractivity (Wildman–Crippen MR) is 116 cm³/mol. The summed E-state index contributed by atoms with van der Waals surface area (Å²) in [6.07, 6.45) is 0.676. The second-order valence-electron chi connectivity index (χ2n) is 7.45. The van der Waals surface area contributed by atoms with Gasteiger partial charge in [0.25, 0.3) is 11.6 Å². The average molecular weight is 440 g/mol. The maximum atomic E-state index is 13.0. The van der Waals surface area contributed by atoms with E-state index in [9.17, 15) is 24.5 Å². The fourth-order valence-corrected chi connectivity index (χ4v) is 3.62. The number of hydrogen-bond acceptors (Lipinski definition) is 6. The van der Waals surface area contributed by atoms with Crippen LogP contribution in [-0.2, 0) is 16.1 Å². The van der Waals surface area contributed by atoms with Crippen molar-refractivity contribution in [2.24, 2.45) is 0 Å². The quantitative estimate of drug-likeness (QED) is 0.524. The molecule has 32 heavy (non-hydrogen) atoms. The smallest absolute Gasteiger partial charge is 0.411 e. The van der Waals surface area contributed by atoms with Gasteiger partial charge in [0.05, 0.1) is 12.0 Å². The van der Waals surface area contributed by atoms with E-state index in [0.29, 0.717) is 36.2 Å². The van der Waals surface area contributed by atoms with Crippen LogP contribution in [0, 0.1) is 17.0 Å².